The molecule has 0 aliphatic rings. The number of ether oxygens (including phenoxy) is 1. The molecule has 172 valence electrons. The molecule has 0 spiro atoms. The Hall–Kier alpha value is -3.22. The lowest BCUT2D eigenvalue weighted by Crippen LogP contribution is -2.22. The molecule has 0 fully saturated rings. The maximum absolute atomic E-state index is 12.1. The number of thiophene rings is 1. The highest BCUT2D eigenvalue weighted by atomic mass is 32.1. The van der Waals surface area contributed by atoms with Crippen LogP contribution in [0.1, 0.15) is 35.2 Å². The van der Waals surface area contributed by atoms with E-state index in [0.29, 0.717) is 29.0 Å². The highest BCUT2D eigenvalue weighted by Gasteiger charge is 2.17. The van der Waals surface area contributed by atoms with Gasteiger partial charge in [0, 0.05) is 19.1 Å². The van der Waals surface area contributed by atoms with Crippen molar-refractivity contribution >= 4 is 36.1 Å². The predicted octanol–water partition coefficient (Wildman–Crippen LogP) is 5.78. The Bertz CT molecular complexity index is 1150. The molecule has 1 unspecified atom stereocenters. The van der Waals surface area contributed by atoms with E-state index in [1.807, 2.05) is 31.2 Å². The number of hydrogen-bond donors (Lipinski definition) is 2. The van der Waals surface area contributed by atoms with Gasteiger partial charge in [-0.2, -0.15) is 10.2 Å². The van der Waals surface area contributed by atoms with Gasteiger partial charge in [-0.05, 0) is 35.7 Å². The second-order valence-electron chi connectivity index (χ2n) is 8.94. The van der Waals surface area contributed by atoms with E-state index in [2.05, 4.69) is 41.0 Å². The van der Waals surface area contributed by atoms with E-state index in [1.165, 1.54) is 11.3 Å². The van der Waals surface area contributed by atoms with Gasteiger partial charge in [0.2, 0.25) is 0 Å². The van der Waals surface area contributed by atoms with Crippen LogP contribution in [-0.2, 0) is 0 Å². The fraction of sp³-hybridized carbons (Fsp3) is 0.333. The predicted molar refractivity (Wildman–Crippen MR) is 136 cm³/mol. The number of hydrogen-bond acceptors (Lipinski definition) is 7. The number of nitrogens with zero attached hydrogens (tertiary/aromatic N) is 3. The zero-order valence-electron chi connectivity index (χ0n) is 19.4. The number of carbonyl (C=O) groups is 1. The van der Waals surface area contributed by atoms with Crippen LogP contribution >= 0.6 is 11.3 Å². The summed E-state index contributed by atoms with van der Waals surface area (Å²) < 4.78 is 5.72. The van der Waals surface area contributed by atoms with Crippen LogP contribution < -0.4 is 15.8 Å². The van der Waals surface area contributed by atoms with Crippen LogP contribution in [0.5, 0.6) is 6.01 Å². The van der Waals surface area contributed by atoms with Gasteiger partial charge >= 0.3 is 6.01 Å². The Labute approximate surface area is 199 Å². The molecule has 2 heterocycles. The minimum absolute atomic E-state index is 0.124. The lowest BCUT2D eigenvalue weighted by Gasteiger charge is -2.15. The number of primary amides is 1. The summed E-state index contributed by atoms with van der Waals surface area (Å²) in [4.78, 5) is 21.6. The van der Waals surface area contributed by atoms with Crippen molar-refractivity contribution in [1.82, 2.24) is 9.97 Å². The smallest absolute Gasteiger partial charge is 0.318 e. The third kappa shape index (κ3) is 6.63. The van der Waals surface area contributed by atoms with Crippen LogP contribution in [0.4, 0.5) is 10.8 Å². The number of aromatic nitrogens is 2. The molecule has 3 rings (SSSR count). The van der Waals surface area contributed by atoms with Crippen molar-refractivity contribution in [3.8, 4) is 22.5 Å². The SMILES string of the molecule is CCC(C#N)c1ccc(-c2cc(C(N)=O)c(Nc3ccnc(OCC[Si](C)(C)C)n3)s2)cc1. The Kier molecular flexibility index (Phi) is 7.84. The van der Waals surface area contributed by atoms with E-state index in [0.717, 1.165) is 28.5 Å². The molecule has 0 saturated carbocycles. The second kappa shape index (κ2) is 10.6. The standard InChI is InChI=1S/C24H29N5O2SSi/c1-5-16(15-25)17-6-8-18(9-7-17)20-14-19(22(26)30)23(32-20)28-21-10-11-27-24(29-21)31-12-13-33(2,3)4/h6-11,14,16H,5,12-13H2,1-4H3,(H2,26,30)(H,27,28,29). The molecule has 0 radical (unpaired) electrons. The van der Waals surface area contributed by atoms with Crippen LogP contribution in [0.3, 0.4) is 0 Å². The second-order valence-corrected chi connectivity index (χ2v) is 15.6. The highest BCUT2D eigenvalue weighted by molar-refractivity contribution is 7.19. The molecule has 0 aliphatic heterocycles. The van der Waals surface area contributed by atoms with E-state index < -0.39 is 14.0 Å². The molecule has 0 saturated heterocycles. The number of nitriles is 1. The van der Waals surface area contributed by atoms with Crippen LogP contribution in [0, 0.1) is 11.3 Å². The summed E-state index contributed by atoms with van der Waals surface area (Å²) in [7, 11) is -1.21. The number of benzene rings is 1. The molecule has 9 heteroatoms. The van der Waals surface area contributed by atoms with Crippen molar-refractivity contribution in [2.24, 2.45) is 5.73 Å². The number of carbonyl (C=O) groups excluding carboxylic acids is 1. The van der Waals surface area contributed by atoms with Crippen LogP contribution in [0.2, 0.25) is 25.7 Å². The number of nitrogens with two attached hydrogens (primary N) is 1. The number of anilines is 2. The van der Waals surface area contributed by atoms with Gasteiger partial charge in [0.05, 0.1) is 24.2 Å². The number of rotatable bonds is 10. The molecule has 3 aromatic rings. The summed E-state index contributed by atoms with van der Waals surface area (Å²) in [5.74, 6) is -0.118. The molecule has 0 bridgehead atoms. The molecule has 1 aromatic carbocycles. The fourth-order valence-electron chi connectivity index (χ4n) is 3.14. The molecule has 2 aromatic heterocycles. The van der Waals surface area contributed by atoms with Gasteiger partial charge < -0.3 is 15.8 Å². The Morgan fingerprint density at radius 1 is 1.27 bits per heavy atom. The van der Waals surface area contributed by atoms with E-state index in [-0.39, 0.29) is 5.92 Å². The number of amides is 1. The zero-order valence-corrected chi connectivity index (χ0v) is 21.2. The van der Waals surface area contributed by atoms with Crippen molar-refractivity contribution < 1.29 is 9.53 Å². The maximum atomic E-state index is 12.1. The molecule has 1 amide bonds. The summed E-state index contributed by atoms with van der Waals surface area (Å²) in [5, 5.41) is 13.1. The molecule has 7 nitrogen and oxygen atoms in total. The fourth-order valence-corrected chi connectivity index (χ4v) is 4.93. The Balaban J connectivity index is 1.80. The monoisotopic (exact) mass is 479 g/mol. The van der Waals surface area contributed by atoms with Crippen LogP contribution in [0.25, 0.3) is 10.4 Å². The van der Waals surface area contributed by atoms with Gasteiger partial charge in [-0.15, -0.1) is 11.3 Å². The van der Waals surface area contributed by atoms with E-state index in [9.17, 15) is 10.1 Å². The summed E-state index contributed by atoms with van der Waals surface area (Å²) in [6.45, 7) is 9.43. The minimum atomic E-state index is -1.21. The van der Waals surface area contributed by atoms with Gasteiger partial charge in [-0.1, -0.05) is 50.8 Å². The first-order valence-corrected chi connectivity index (χ1v) is 15.4. The summed E-state index contributed by atoms with van der Waals surface area (Å²) >= 11 is 1.42. The molecular formula is C24H29N5O2SSi. The highest BCUT2D eigenvalue weighted by Crippen LogP contribution is 2.37. The normalized spacial score (nSPS) is 12.1. The zero-order chi connectivity index (χ0) is 24.0. The van der Waals surface area contributed by atoms with Gasteiger partial charge in [0.15, 0.2) is 0 Å². The Morgan fingerprint density at radius 2 is 2.00 bits per heavy atom. The lowest BCUT2D eigenvalue weighted by atomic mass is 9.97. The van der Waals surface area contributed by atoms with Gasteiger partial charge in [-0.25, -0.2) is 4.98 Å². The van der Waals surface area contributed by atoms with Crippen molar-refractivity contribution in [3.63, 3.8) is 0 Å². The first-order chi connectivity index (χ1) is 15.7. The number of nitrogens with one attached hydrogen (secondary N) is 1. The molecular weight excluding hydrogens is 450 g/mol. The van der Waals surface area contributed by atoms with E-state index in [1.54, 1.807) is 18.3 Å². The van der Waals surface area contributed by atoms with Crippen LogP contribution in [0.15, 0.2) is 42.6 Å². The molecule has 33 heavy (non-hydrogen) atoms. The summed E-state index contributed by atoms with van der Waals surface area (Å²) in [5.41, 5.74) is 7.96. The first kappa shape index (κ1) is 24.4. The van der Waals surface area contributed by atoms with Gasteiger partial charge in [0.1, 0.15) is 10.8 Å². The third-order valence-corrected chi connectivity index (χ3v) is 7.92. The largest absolute Gasteiger partial charge is 0.464 e. The maximum Gasteiger partial charge on any atom is 0.318 e. The van der Waals surface area contributed by atoms with Crippen molar-refractivity contribution in [3.05, 3.63) is 53.7 Å². The lowest BCUT2D eigenvalue weighted by molar-refractivity contribution is 0.100. The topological polar surface area (TPSA) is 114 Å². The molecule has 1 atom stereocenters. The third-order valence-electron chi connectivity index (χ3n) is 5.12. The van der Waals surface area contributed by atoms with Gasteiger partial charge in [-0.3, -0.25) is 4.79 Å². The van der Waals surface area contributed by atoms with Crippen LogP contribution in [-0.4, -0.2) is 30.6 Å². The van der Waals surface area contributed by atoms with Crippen molar-refractivity contribution in [1.29, 1.82) is 5.26 Å². The quantitative estimate of drug-likeness (QED) is 0.356. The van der Waals surface area contributed by atoms with E-state index in [4.69, 9.17) is 10.5 Å². The summed E-state index contributed by atoms with van der Waals surface area (Å²) in [6.07, 6.45) is 2.38. The summed E-state index contributed by atoms with van der Waals surface area (Å²) in [6, 6.07) is 15.0. The van der Waals surface area contributed by atoms with Crippen molar-refractivity contribution in [2.75, 3.05) is 11.9 Å². The average molecular weight is 480 g/mol. The average Bonchev–Trinajstić information content (AvgIpc) is 3.18. The van der Waals surface area contributed by atoms with Gasteiger partial charge in [0.25, 0.3) is 5.91 Å². The molecule has 0 aliphatic carbocycles. The Morgan fingerprint density at radius 3 is 2.61 bits per heavy atom. The first-order valence-electron chi connectivity index (χ1n) is 10.9. The molecule has 3 N–H and O–H groups in total. The minimum Gasteiger partial charge on any atom is -0.464 e. The van der Waals surface area contributed by atoms with E-state index >= 15 is 0 Å². The van der Waals surface area contributed by atoms with Crippen molar-refractivity contribution in [2.45, 2.75) is 44.9 Å².